The first-order chi connectivity index (χ1) is 10.2. The van der Waals surface area contributed by atoms with Gasteiger partial charge in [0.1, 0.15) is 5.56 Å². The van der Waals surface area contributed by atoms with Crippen LogP contribution >= 0.6 is 0 Å². The fourth-order valence-corrected chi connectivity index (χ4v) is 2.55. The van der Waals surface area contributed by atoms with Crippen molar-refractivity contribution in [1.29, 1.82) is 0 Å². The number of aliphatic hydroxyl groups is 1. The van der Waals surface area contributed by atoms with Crippen LogP contribution in [0.25, 0.3) is 10.9 Å². The van der Waals surface area contributed by atoms with Gasteiger partial charge < -0.3 is 19.7 Å². The highest BCUT2D eigenvalue weighted by Gasteiger charge is 2.29. The first kappa shape index (κ1) is 13.8. The number of morpholine rings is 1. The molecule has 1 aliphatic heterocycles. The minimum atomic E-state index is -0.405. The van der Waals surface area contributed by atoms with Crippen molar-refractivity contribution in [3.8, 4) is 0 Å². The fourth-order valence-electron chi connectivity index (χ4n) is 2.55. The standard InChI is InChI=1S/C15H16N2O4/c18-8-10-9-21-6-5-17(10)15(20)12-7-16-13-4-2-1-3-11(13)14(12)19/h1-4,7,10,18H,5-6,8-9H2,(H,16,19). The first-order valence-corrected chi connectivity index (χ1v) is 6.82. The maximum atomic E-state index is 12.6. The van der Waals surface area contributed by atoms with Gasteiger partial charge in [0.05, 0.1) is 25.9 Å². The Morgan fingerprint density at radius 1 is 1.43 bits per heavy atom. The summed E-state index contributed by atoms with van der Waals surface area (Å²) in [4.78, 5) is 29.5. The molecular formula is C15H16N2O4. The lowest BCUT2D eigenvalue weighted by Crippen LogP contribution is -2.51. The summed E-state index contributed by atoms with van der Waals surface area (Å²) in [5.41, 5.74) is 0.492. The number of aromatic nitrogens is 1. The Hall–Kier alpha value is -2.18. The van der Waals surface area contributed by atoms with Crippen LogP contribution in [-0.2, 0) is 4.74 Å². The highest BCUT2D eigenvalue weighted by atomic mass is 16.5. The van der Waals surface area contributed by atoms with Gasteiger partial charge in [-0.1, -0.05) is 12.1 Å². The smallest absolute Gasteiger partial charge is 0.259 e. The van der Waals surface area contributed by atoms with Gasteiger partial charge in [0.15, 0.2) is 0 Å². The van der Waals surface area contributed by atoms with Gasteiger partial charge >= 0.3 is 0 Å². The number of carbonyl (C=O) groups is 1. The number of carbonyl (C=O) groups excluding carboxylic acids is 1. The zero-order valence-electron chi connectivity index (χ0n) is 11.4. The molecule has 0 aliphatic carbocycles. The first-order valence-electron chi connectivity index (χ1n) is 6.82. The Kier molecular flexibility index (Phi) is 3.72. The maximum absolute atomic E-state index is 12.6. The highest BCUT2D eigenvalue weighted by molar-refractivity contribution is 5.97. The Morgan fingerprint density at radius 3 is 3.05 bits per heavy atom. The topological polar surface area (TPSA) is 82.6 Å². The number of aromatic amines is 1. The molecule has 1 fully saturated rings. The number of aliphatic hydroxyl groups excluding tert-OH is 1. The van der Waals surface area contributed by atoms with Crippen molar-refractivity contribution in [2.75, 3.05) is 26.4 Å². The molecule has 21 heavy (non-hydrogen) atoms. The molecule has 2 heterocycles. The van der Waals surface area contributed by atoms with Crippen molar-refractivity contribution >= 4 is 16.8 Å². The predicted molar refractivity (Wildman–Crippen MR) is 77.3 cm³/mol. The Labute approximate surface area is 121 Å². The van der Waals surface area contributed by atoms with E-state index < -0.39 is 6.04 Å². The summed E-state index contributed by atoms with van der Waals surface area (Å²) < 4.78 is 5.25. The number of amides is 1. The van der Waals surface area contributed by atoms with E-state index >= 15 is 0 Å². The lowest BCUT2D eigenvalue weighted by Gasteiger charge is -2.34. The van der Waals surface area contributed by atoms with Gasteiger partial charge in [-0.05, 0) is 12.1 Å². The van der Waals surface area contributed by atoms with E-state index in [2.05, 4.69) is 4.98 Å². The molecule has 0 saturated carbocycles. The molecule has 1 aromatic heterocycles. The number of rotatable bonds is 2. The van der Waals surface area contributed by atoms with Crippen molar-refractivity contribution in [3.63, 3.8) is 0 Å². The molecule has 2 N–H and O–H groups in total. The SMILES string of the molecule is O=C(c1c[nH]c2ccccc2c1=O)N1CCOCC1CO. The van der Waals surface area contributed by atoms with E-state index in [-0.39, 0.29) is 30.1 Å². The second-order valence-electron chi connectivity index (χ2n) is 4.99. The Bertz CT molecular complexity index is 725. The van der Waals surface area contributed by atoms with Crippen LogP contribution in [-0.4, -0.2) is 53.3 Å². The van der Waals surface area contributed by atoms with Crippen LogP contribution in [0, 0.1) is 0 Å². The highest BCUT2D eigenvalue weighted by Crippen LogP contribution is 2.12. The fraction of sp³-hybridized carbons (Fsp3) is 0.333. The number of para-hydroxylation sites is 1. The van der Waals surface area contributed by atoms with Crippen molar-refractivity contribution in [2.45, 2.75) is 6.04 Å². The number of H-pyrrole nitrogens is 1. The average Bonchev–Trinajstić information content (AvgIpc) is 2.55. The van der Waals surface area contributed by atoms with Crippen LogP contribution in [0.1, 0.15) is 10.4 Å². The molecule has 110 valence electrons. The van der Waals surface area contributed by atoms with Gasteiger partial charge in [0.2, 0.25) is 5.43 Å². The molecule has 0 spiro atoms. The van der Waals surface area contributed by atoms with Gasteiger partial charge in [-0.2, -0.15) is 0 Å². The van der Waals surface area contributed by atoms with E-state index in [4.69, 9.17) is 4.74 Å². The van der Waals surface area contributed by atoms with E-state index in [1.807, 2.05) is 6.07 Å². The third kappa shape index (κ3) is 2.43. The lowest BCUT2D eigenvalue weighted by molar-refractivity contribution is -0.0184. The zero-order chi connectivity index (χ0) is 14.8. The van der Waals surface area contributed by atoms with Crippen LogP contribution in [0.2, 0.25) is 0 Å². The van der Waals surface area contributed by atoms with Crippen molar-refractivity contribution in [1.82, 2.24) is 9.88 Å². The summed E-state index contributed by atoms with van der Waals surface area (Å²) in [6.45, 7) is 0.884. The number of benzene rings is 1. The number of nitrogens with one attached hydrogen (secondary N) is 1. The van der Waals surface area contributed by atoms with Crippen molar-refractivity contribution in [2.24, 2.45) is 0 Å². The largest absolute Gasteiger partial charge is 0.394 e. The van der Waals surface area contributed by atoms with Crippen molar-refractivity contribution in [3.05, 3.63) is 46.2 Å². The Balaban J connectivity index is 2.01. The monoisotopic (exact) mass is 288 g/mol. The third-order valence-electron chi connectivity index (χ3n) is 3.72. The molecule has 1 saturated heterocycles. The van der Waals surface area contributed by atoms with Gasteiger partial charge in [0.25, 0.3) is 5.91 Å². The summed E-state index contributed by atoms with van der Waals surface area (Å²) in [6.07, 6.45) is 1.44. The number of nitrogens with zero attached hydrogens (tertiary/aromatic N) is 1. The average molecular weight is 288 g/mol. The lowest BCUT2D eigenvalue weighted by atomic mass is 10.1. The molecule has 0 bridgehead atoms. The van der Waals surface area contributed by atoms with E-state index in [0.29, 0.717) is 24.1 Å². The minimum absolute atomic E-state index is 0.0917. The molecule has 3 rings (SSSR count). The number of pyridine rings is 1. The second-order valence-corrected chi connectivity index (χ2v) is 4.99. The van der Waals surface area contributed by atoms with Crippen LogP contribution < -0.4 is 5.43 Å². The van der Waals surface area contributed by atoms with Crippen molar-refractivity contribution < 1.29 is 14.6 Å². The van der Waals surface area contributed by atoms with Crippen LogP contribution in [0.3, 0.4) is 0 Å². The third-order valence-corrected chi connectivity index (χ3v) is 3.72. The molecule has 1 aliphatic rings. The van der Waals surface area contributed by atoms with E-state index in [1.54, 1.807) is 18.2 Å². The summed E-state index contributed by atoms with van der Waals surface area (Å²) in [5.74, 6) is -0.371. The number of hydrogen-bond donors (Lipinski definition) is 2. The van der Waals surface area contributed by atoms with Gasteiger partial charge in [-0.3, -0.25) is 9.59 Å². The molecule has 6 heteroatoms. The zero-order valence-corrected chi connectivity index (χ0v) is 11.4. The second kappa shape index (κ2) is 5.67. The van der Waals surface area contributed by atoms with E-state index in [1.165, 1.54) is 11.1 Å². The Morgan fingerprint density at radius 2 is 2.24 bits per heavy atom. The van der Waals surface area contributed by atoms with Gasteiger partial charge in [-0.25, -0.2) is 0 Å². The summed E-state index contributed by atoms with van der Waals surface area (Å²) >= 11 is 0. The van der Waals surface area contributed by atoms with Gasteiger partial charge in [0, 0.05) is 23.6 Å². The van der Waals surface area contributed by atoms with Crippen LogP contribution in [0.5, 0.6) is 0 Å². The predicted octanol–water partition coefficient (Wildman–Crippen LogP) is 0.361. The van der Waals surface area contributed by atoms with Crippen LogP contribution in [0.15, 0.2) is 35.3 Å². The number of ether oxygens (including phenoxy) is 1. The van der Waals surface area contributed by atoms with E-state index in [0.717, 1.165) is 0 Å². The molecule has 1 atom stereocenters. The van der Waals surface area contributed by atoms with Crippen LogP contribution in [0.4, 0.5) is 0 Å². The molecule has 2 aromatic rings. The maximum Gasteiger partial charge on any atom is 0.259 e. The van der Waals surface area contributed by atoms with E-state index in [9.17, 15) is 14.7 Å². The summed E-state index contributed by atoms with van der Waals surface area (Å²) in [6, 6.07) is 6.65. The minimum Gasteiger partial charge on any atom is -0.394 e. The van der Waals surface area contributed by atoms with Gasteiger partial charge in [-0.15, -0.1) is 0 Å². The molecule has 1 amide bonds. The molecule has 6 nitrogen and oxygen atoms in total. The molecule has 1 aromatic carbocycles. The number of hydrogen-bond acceptors (Lipinski definition) is 4. The molecule has 0 radical (unpaired) electrons. The number of fused-ring (bicyclic) bond motifs is 1. The normalized spacial score (nSPS) is 18.9. The quantitative estimate of drug-likeness (QED) is 0.836. The molecular weight excluding hydrogens is 272 g/mol. The summed E-state index contributed by atoms with van der Waals surface area (Å²) in [7, 11) is 0. The summed E-state index contributed by atoms with van der Waals surface area (Å²) in [5, 5.41) is 9.82. The molecule has 1 unspecified atom stereocenters.